The summed E-state index contributed by atoms with van der Waals surface area (Å²) in [6, 6.07) is 9.67. The predicted octanol–water partition coefficient (Wildman–Crippen LogP) is 2.54. The van der Waals surface area contributed by atoms with E-state index >= 15 is 0 Å². The van der Waals surface area contributed by atoms with Gasteiger partial charge in [-0.2, -0.15) is 0 Å². The van der Waals surface area contributed by atoms with Crippen LogP contribution >= 0.6 is 0 Å². The maximum Gasteiger partial charge on any atom is 0.305 e. The van der Waals surface area contributed by atoms with Gasteiger partial charge in [-0.1, -0.05) is 11.2 Å². The van der Waals surface area contributed by atoms with Crippen molar-refractivity contribution in [1.29, 1.82) is 0 Å². The van der Waals surface area contributed by atoms with Crippen LogP contribution in [0.5, 0.6) is 5.75 Å². The number of ether oxygens (including phenoxy) is 1. The summed E-state index contributed by atoms with van der Waals surface area (Å²) in [7, 11) is 0. The van der Waals surface area contributed by atoms with E-state index in [0.717, 1.165) is 11.3 Å². The van der Waals surface area contributed by atoms with Crippen LogP contribution in [-0.4, -0.2) is 17.0 Å². The highest BCUT2D eigenvalue weighted by Gasteiger charge is 2.13. The highest BCUT2D eigenvalue weighted by Crippen LogP contribution is 2.18. The molecule has 2 N–H and O–H groups in total. The van der Waals surface area contributed by atoms with Crippen molar-refractivity contribution in [3.05, 3.63) is 71.0 Å². The van der Waals surface area contributed by atoms with Gasteiger partial charge in [0.1, 0.15) is 18.1 Å². The number of amides is 2. The van der Waals surface area contributed by atoms with Crippen molar-refractivity contribution < 1.29 is 23.3 Å². The Hall–Kier alpha value is -3.55. The van der Waals surface area contributed by atoms with Gasteiger partial charge in [0.25, 0.3) is 5.91 Å². The first-order chi connectivity index (χ1) is 12.5. The van der Waals surface area contributed by atoms with Crippen LogP contribution in [-0.2, 0) is 6.61 Å². The number of rotatable bonds is 5. The molecule has 0 aliphatic rings. The molecule has 0 fully saturated rings. The zero-order valence-electron chi connectivity index (χ0n) is 14.2. The van der Waals surface area contributed by atoms with E-state index in [0.29, 0.717) is 17.1 Å². The third kappa shape index (κ3) is 3.92. The Balaban J connectivity index is 1.59. The molecule has 0 saturated heterocycles. The minimum absolute atomic E-state index is 0.0989. The number of furan rings is 1. The van der Waals surface area contributed by atoms with E-state index in [9.17, 15) is 9.59 Å². The molecule has 0 radical (unpaired) electrons. The monoisotopic (exact) mass is 355 g/mol. The van der Waals surface area contributed by atoms with Crippen molar-refractivity contribution in [3.63, 3.8) is 0 Å². The number of carbonyl (C=O) groups is 2. The lowest BCUT2D eigenvalue weighted by Crippen LogP contribution is -2.41. The summed E-state index contributed by atoms with van der Waals surface area (Å²) < 4.78 is 15.7. The molecule has 0 spiro atoms. The molecule has 134 valence electrons. The van der Waals surface area contributed by atoms with Crippen molar-refractivity contribution >= 4 is 11.8 Å². The van der Waals surface area contributed by atoms with E-state index < -0.39 is 11.8 Å². The van der Waals surface area contributed by atoms with Crippen LogP contribution in [0.25, 0.3) is 0 Å². The van der Waals surface area contributed by atoms with Crippen LogP contribution in [0, 0.1) is 13.8 Å². The summed E-state index contributed by atoms with van der Waals surface area (Å²) in [4.78, 5) is 23.9. The van der Waals surface area contributed by atoms with E-state index in [2.05, 4.69) is 16.0 Å². The van der Waals surface area contributed by atoms with Crippen LogP contribution < -0.4 is 15.6 Å². The molecule has 1 aromatic carbocycles. The first-order valence-corrected chi connectivity index (χ1v) is 7.83. The minimum Gasteiger partial charge on any atom is -0.489 e. The van der Waals surface area contributed by atoms with Gasteiger partial charge in [-0.05, 0) is 44.2 Å². The normalized spacial score (nSPS) is 10.4. The average molecular weight is 355 g/mol. The summed E-state index contributed by atoms with van der Waals surface area (Å²) in [5, 5.41) is 3.87. The second-order valence-electron chi connectivity index (χ2n) is 5.50. The summed E-state index contributed by atoms with van der Waals surface area (Å²) in [5.41, 5.74) is 6.56. The molecule has 0 saturated carbocycles. The van der Waals surface area contributed by atoms with Crippen LogP contribution in [0.3, 0.4) is 0 Å². The van der Waals surface area contributed by atoms with E-state index in [1.54, 1.807) is 30.3 Å². The Labute approximate surface area is 149 Å². The Morgan fingerprint density at radius 3 is 2.62 bits per heavy atom. The Morgan fingerprint density at radius 2 is 1.92 bits per heavy atom. The first kappa shape index (κ1) is 17.3. The molecule has 0 unspecified atom stereocenters. The van der Waals surface area contributed by atoms with Crippen LogP contribution in [0.15, 0.2) is 51.6 Å². The van der Waals surface area contributed by atoms with E-state index in [1.807, 2.05) is 13.8 Å². The topological polar surface area (TPSA) is 107 Å². The molecule has 3 aromatic rings. The summed E-state index contributed by atoms with van der Waals surface area (Å²) in [6.45, 7) is 3.92. The van der Waals surface area contributed by atoms with E-state index in [1.165, 1.54) is 12.3 Å². The van der Waals surface area contributed by atoms with Gasteiger partial charge >= 0.3 is 5.91 Å². The van der Waals surface area contributed by atoms with Crippen molar-refractivity contribution in [3.8, 4) is 5.75 Å². The zero-order valence-corrected chi connectivity index (χ0v) is 14.2. The molecular formula is C18H17N3O5. The van der Waals surface area contributed by atoms with Crippen molar-refractivity contribution in [1.82, 2.24) is 16.0 Å². The Kier molecular flexibility index (Phi) is 5.02. The maximum absolute atomic E-state index is 12.2. The first-order valence-electron chi connectivity index (χ1n) is 7.83. The third-order valence-corrected chi connectivity index (χ3v) is 3.70. The molecular weight excluding hydrogens is 338 g/mol. The van der Waals surface area contributed by atoms with Gasteiger partial charge in [0.2, 0.25) is 0 Å². The van der Waals surface area contributed by atoms with Crippen LogP contribution in [0.1, 0.15) is 37.9 Å². The predicted molar refractivity (Wildman–Crippen MR) is 90.4 cm³/mol. The highest BCUT2D eigenvalue weighted by atomic mass is 16.5. The van der Waals surface area contributed by atoms with Gasteiger partial charge in [-0.15, -0.1) is 0 Å². The second kappa shape index (κ2) is 7.56. The molecule has 2 aromatic heterocycles. The highest BCUT2D eigenvalue weighted by molar-refractivity contribution is 5.98. The molecule has 2 heterocycles. The SMILES string of the molecule is Cc1noc(C)c1COc1cccc(C(=O)NNC(=O)c2ccco2)c1. The smallest absolute Gasteiger partial charge is 0.305 e. The molecule has 8 nitrogen and oxygen atoms in total. The second-order valence-corrected chi connectivity index (χ2v) is 5.50. The summed E-state index contributed by atoms with van der Waals surface area (Å²) in [5.74, 6) is 0.274. The maximum atomic E-state index is 12.2. The molecule has 0 bridgehead atoms. The molecule has 0 aliphatic carbocycles. The number of carbonyl (C=O) groups excluding carboxylic acids is 2. The lowest BCUT2D eigenvalue weighted by molar-refractivity contribution is 0.0830. The largest absolute Gasteiger partial charge is 0.489 e. The number of aryl methyl sites for hydroxylation is 2. The quantitative estimate of drug-likeness (QED) is 0.681. The van der Waals surface area contributed by atoms with Gasteiger partial charge in [0.05, 0.1) is 17.5 Å². The number of hydrazine groups is 1. The van der Waals surface area contributed by atoms with Crippen molar-refractivity contribution in [2.45, 2.75) is 20.5 Å². The number of hydrogen-bond acceptors (Lipinski definition) is 6. The lowest BCUT2D eigenvalue weighted by atomic mass is 10.2. The third-order valence-electron chi connectivity index (χ3n) is 3.70. The van der Waals surface area contributed by atoms with Crippen LogP contribution in [0.4, 0.5) is 0 Å². The molecule has 3 rings (SSSR count). The van der Waals surface area contributed by atoms with Crippen molar-refractivity contribution in [2.24, 2.45) is 0 Å². The average Bonchev–Trinajstić information content (AvgIpc) is 3.29. The van der Waals surface area contributed by atoms with Crippen molar-refractivity contribution in [2.75, 3.05) is 0 Å². The van der Waals surface area contributed by atoms with Gasteiger partial charge in [0.15, 0.2) is 5.76 Å². The Bertz CT molecular complexity index is 895. The molecule has 0 atom stereocenters. The minimum atomic E-state index is -0.547. The fraction of sp³-hybridized carbons (Fsp3) is 0.167. The molecule has 8 heteroatoms. The number of nitrogens with zero attached hydrogens (tertiary/aromatic N) is 1. The summed E-state index contributed by atoms with van der Waals surface area (Å²) in [6.07, 6.45) is 1.37. The van der Waals surface area contributed by atoms with E-state index in [-0.39, 0.29) is 12.4 Å². The molecule has 0 aliphatic heterocycles. The number of benzene rings is 1. The fourth-order valence-corrected chi connectivity index (χ4v) is 2.25. The molecule has 26 heavy (non-hydrogen) atoms. The zero-order chi connectivity index (χ0) is 18.5. The summed E-state index contributed by atoms with van der Waals surface area (Å²) >= 11 is 0. The van der Waals surface area contributed by atoms with Gasteiger partial charge < -0.3 is 13.7 Å². The van der Waals surface area contributed by atoms with Gasteiger partial charge in [-0.3, -0.25) is 20.4 Å². The Morgan fingerprint density at radius 1 is 1.12 bits per heavy atom. The van der Waals surface area contributed by atoms with Gasteiger partial charge in [0, 0.05) is 5.56 Å². The van der Waals surface area contributed by atoms with Crippen LogP contribution in [0.2, 0.25) is 0 Å². The number of hydrogen-bond donors (Lipinski definition) is 2. The fourth-order valence-electron chi connectivity index (χ4n) is 2.25. The number of aromatic nitrogens is 1. The van der Waals surface area contributed by atoms with E-state index in [4.69, 9.17) is 13.7 Å². The lowest BCUT2D eigenvalue weighted by Gasteiger charge is -2.09. The van der Waals surface area contributed by atoms with Gasteiger partial charge in [-0.25, -0.2) is 0 Å². The molecule has 2 amide bonds. The standard InChI is InChI=1S/C18H17N3O5/c1-11-15(12(2)26-21-11)10-25-14-6-3-5-13(9-14)17(22)19-20-18(23)16-7-4-8-24-16/h3-9H,10H2,1-2H3,(H,19,22)(H,20,23). The number of nitrogens with one attached hydrogen (secondary N) is 2.